The van der Waals surface area contributed by atoms with Gasteiger partial charge in [0.1, 0.15) is 5.54 Å². The summed E-state index contributed by atoms with van der Waals surface area (Å²) in [5.74, 6) is 0.251. The fourth-order valence-corrected chi connectivity index (χ4v) is 3.18. The number of piperazine rings is 1. The Morgan fingerprint density at radius 2 is 2.05 bits per heavy atom. The molecule has 2 aliphatic rings. The molecule has 0 aliphatic carbocycles. The van der Waals surface area contributed by atoms with Gasteiger partial charge >= 0.3 is 0 Å². The number of carbonyl (C=O) groups is 2. The molecule has 5 nitrogen and oxygen atoms in total. The van der Waals surface area contributed by atoms with Gasteiger partial charge in [-0.2, -0.15) is 0 Å². The molecule has 2 atom stereocenters. The van der Waals surface area contributed by atoms with E-state index in [9.17, 15) is 9.59 Å². The Morgan fingerprint density at radius 1 is 1.37 bits per heavy atom. The van der Waals surface area contributed by atoms with Crippen LogP contribution in [0.15, 0.2) is 0 Å². The average Bonchev–Trinajstić information content (AvgIpc) is 2.35. The second kappa shape index (κ2) is 5.12. The Kier molecular flexibility index (Phi) is 3.85. The maximum Gasteiger partial charge on any atom is 0.247 e. The van der Waals surface area contributed by atoms with Crippen molar-refractivity contribution in [3.05, 3.63) is 0 Å². The molecule has 0 spiro atoms. The first-order chi connectivity index (χ1) is 8.84. The molecule has 2 saturated heterocycles. The lowest BCUT2D eigenvalue weighted by Gasteiger charge is -2.46. The van der Waals surface area contributed by atoms with Crippen LogP contribution in [0.5, 0.6) is 0 Å². The highest BCUT2D eigenvalue weighted by Gasteiger charge is 2.44. The van der Waals surface area contributed by atoms with Crippen LogP contribution in [0.4, 0.5) is 0 Å². The fraction of sp³-hybridized carbons (Fsp3) is 0.857. The van der Waals surface area contributed by atoms with E-state index in [-0.39, 0.29) is 17.7 Å². The van der Waals surface area contributed by atoms with E-state index in [4.69, 9.17) is 0 Å². The van der Waals surface area contributed by atoms with Crippen LogP contribution in [0, 0.1) is 5.92 Å². The third-order valence-corrected chi connectivity index (χ3v) is 4.44. The summed E-state index contributed by atoms with van der Waals surface area (Å²) in [7, 11) is 1.80. The molecule has 5 heteroatoms. The molecule has 0 aromatic rings. The molecule has 2 aliphatic heterocycles. The maximum atomic E-state index is 12.7. The zero-order chi connectivity index (χ0) is 14.2. The Morgan fingerprint density at radius 3 is 2.68 bits per heavy atom. The molecule has 0 bridgehead atoms. The minimum atomic E-state index is -0.710. The number of piperidine rings is 1. The van der Waals surface area contributed by atoms with Gasteiger partial charge in [0.25, 0.3) is 0 Å². The minimum absolute atomic E-state index is 0.0362. The average molecular weight is 267 g/mol. The summed E-state index contributed by atoms with van der Waals surface area (Å²) < 4.78 is 0. The molecule has 0 aromatic carbocycles. The van der Waals surface area contributed by atoms with Crippen LogP contribution in [-0.2, 0) is 9.59 Å². The van der Waals surface area contributed by atoms with Crippen molar-refractivity contribution in [1.29, 1.82) is 0 Å². The number of nitrogens with one attached hydrogen (secondary N) is 1. The van der Waals surface area contributed by atoms with E-state index in [1.165, 1.54) is 0 Å². The monoisotopic (exact) mass is 267 g/mol. The third kappa shape index (κ3) is 2.61. The molecule has 2 rings (SSSR count). The first-order valence-electron chi connectivity index (χ1n) is 7.14. The number of hydrogen-bond donors (Lipinski definition) is 1. The molecule has 2 amide bonds. The molecule has 1 N–H and O–H groups in total. The lowest BCUT2D eigenvalue weighted by atomic mass is 9.89. The normalized spacial score (nSPS) is 31.5. The van der Waals surface area contributed by atoms with Crippen LogP contribution in [0.25, 0.3) is 0 Å². The topological polar surface area (TPSA) is 52.7 Å². The number of amides is 2. The fourth-order valence-electron chi connectivity index (χ4n) is 3.18. The van der Waals surface area contributed by atoms with Gasteiger partial charge in [-0.25, -0.2) is 0 Å². The van der Waals surface area contributed by atoms with Crippen molar-refractivity contribution in [2.24, 2.45) is 5.92 Å². The SMILES string of the molecule is C[C@H]1C[C@@H](C(=O)N2CCN(C)C(=O)C2(C)C)CCN1. The van der Waals surface area contributed by atoms with E-state index in [2.05, 4.69) is 12.2 Å². The molecule has 0 aromatic heterocycles. The van der Waals surface area contributed by atoms with Gasteiger partial charge < -0.3 is 15.1 Å². The maximum absolute atomic E-state index is 12.7. The first-order valence-corrected chi connectivity index (χ1v) is 7.14. The molecular formula is C14H25N3O2. The number of likely N-dealkylation sites (N-methyl/N-ethyl adjacent to an activating group) is 1. The van der Waals surface area contributed by atoms with Gasteiger partial charge in [-0.15, -0.1) is 0 Å². The second-order valence-electron chi connectivity index (χ2n) is 6.35. The summed E-state index contributed by atoms with van der Waals surface area (Å²) in [6, 6.07) is 0.383. The summed E-state index contributed by atoms with van der Waals surface area (Å²) in [5.41, 5.74) is -0.710. The number of rotatable bonds is 1. The van der Waals surface area contributed by atoms with Gasteiger partial charge in [0.05, 0.1) is 0 Å². The van der Waals surface area contributed by atoms with Crippen LogP contribution < -0.4 is 5.32 Å². The Labute approximate surface area is 115 Å². The number of carbonyl (C=O) groups excluding carboxylic acids is 2. The van der Waals surface area contributed by atoms with E-state index in [0.717, 1.165) is 19.4 Å². The molecule has 0 saturated carbocycles. The quantitative estimate of drug-likeness (QED) is 0.750. The second-order valence-corrected chi connectivity index (χ2v) is 6.35. The van der Waals surface area contributed by atoms with Gasteiger partial charge in [0, 0.05) is 32.1 Å². The van der Waals surface area contributed by atoms with Crippen molar-refractivity contribution in [2.45, 2.75) is 45.2 Å². The summed E-state index contributed by atoms with van der Waals surface area (Å²) in [5, 5.41) is 3.36. The van der Waals surface area contributed by atoms with Crippen molar-refractivity contribution in [3.8, 4) is 0 Å². The van der Waals surface area contributed by atoms with Gasteiger partial charge in [-0.05, 0) is 40.2 Å². The largest absolute Gasteiger partial charge is 0.342 e. The zero-order valence-corrected chi connectivity index (χ0v) is 12.4. The van der Waals surface area contributed by atoms with E-state index in [0.29, 0.717) is 19.1 Å². The molecule has 0 radical (unpaired) electrons. The van der Waals surface area contributed by atoms with Gasteiger partial charge in [0.15, 0.2) is 0 Å². The molecule has 19 heavy (non-hydrogen) atoms. The van der Waals surface area contributed by atoms with Crippen molar-refractivity contribution in [1.82, 2.24) is 15.1 Å². The van der Waals surface area contributed by atoms with Gasteiger partial charge in [0.2, 0.25) is 11.8 Å². The predicted molar refractivity (Wildman–Crippen MR) is 73.6 cm³/mol. The lowest BCUT2D eigenvalue weighted by molar-refractivity contribution is -0.160. The summed E-state index contributed by atoms with van der Waals surface area (Å²) in [6.07, 6.45) is 1.75. The van der Waals surface area contributed by atoms with E-state index in [1.807, 2.05) is 13.8 Å². The van der Waals surface area contributed by atoms with Crippen molar-refractivity contribution in [2.75, 3.05) is 26.7 Å². The molecule has 2 fully saturated rings. The molecular weight excluding hydrogens is 242 g/mol. The highest BCUT2D eigenvalue weighted by Crippen LogP contribution is 2.27. The van der Waals surface area contributed by atoms with E-state index < -0.39 is 5.54 Å². The molecule has 0 unspecified atom stereocenters. The van der Waals surface area contributed by atoms with Crippen LogP contribution in [-0.4, -0.2) is 59.9 Å². The van der Waals surface area contributed by atoms with Gasteiger partial charge in [-0.1, -0.05) is 0 Å². The highest BCUT2D eigenvalue weighted by molar-refractivity contribution is 5.92. The van der Waals surface area contributed by atoms with Crippen LogP contribution in [0.2, 0.25) is 0 Å². The summed E-state index contributed by atoms with van der Waals surface area (Å²) >= 11 is 0. The van der Waals surface area contributed by atoms with Crippen molar-refractivity contribution >= 4 is 11.8 Å². The highest BCUT2D eigenvalue weighted by atomic mass is 16.2. The lowest BCUT2D eigenvalue weighted by Crippen LogP contribution is -2.65. The van der Waals surface area contributed by atoms with Crippen molar-refractivity contribution < 1.29 is 9.59 Å². The Hall–Kier alpha value is -1.10. The van der Waals surface area contributed by atoms with Crippen molar-refractivity contribution in [3.63, 3.8) is 0 Å². The van der Waals surface area contributed by atoms with Crippen LogP contribution >= 0.6 is 0 Å². The zero-order valence-electron chi connectivity index (χ0n) is 12.4. The van der Waals surface area contributed by atoms with Crippen LogP contribution in [0.1, 0.15) is 33.6 Å². The number of nitrogens with zero attached hydrogens (tertiary/aromatic N) is 2. The summed E-state index contributed by atoms with van der Waals surface area (Å²) in [6.45, 7) is 7.99. The number of hydrogen-bond acceptors (Lipinski definition) is 3. The smallest absolute Gasteiger partial charge is 0.247 e. The van der Waals surface area contributed by atoms with E-state index in [1.54, 1.807) is 16.8 Å². The Balaban J connectivity index is 2.12. The summed E-state index contributed by atoms with van der Waals surface area (Å²) in [4.78, 5) is 28.4. The van der Waals surface area contributed by atoms with Crippen LogP contribution in [0.3, 0.4) is 0 Å². The first kappa shape index (κ1) is 14.3. The Bertz CT molecular complexity index is 381. The van der Waals surface area contributed by atoms with Gasteiger partial charge in [-0.3, -0.25) is 9.59 Å². The predicted octanol–water partition coefficient (Wildman–Crippen LogP) is 0.454. The standard InChI is InChI=1S/C14H25N3O2/c1-10-9-11(5-6-15-10)12(18)17-8-7-16(4)13(19)14(17,2)3/h10-11,15H,5-9H2,1-4H3/t10-,11-/m0/s1. The van der Waals surface area contributed by atoms with E-state index >= 15 is 0 Å². The minimum Gasteiger partial charge on any atom is -0.342 e. The molecule has 2 heterocycles. The third-order valence-electron chi connectivity index (χ3n) is 4.44. The molecule has 108 valence electrons.